The average molecular weight is 523 g/mol. The quantitative estimate of drug-likeness (QED) is 0.433. The van der Waals surface area contributed by atoms with Crippen molar-refractivity contribution in [2.24, 2.45) is 58.2 Å². The van der Waals surface area contributed by atoms with Crippen LogP contribution < -0.4 is 0 Å². The predicted octanol–water partition coefficient (Wildman–Crippen LogP) is 5.35. The molecule has 1 N–H and O–H groups in total. The van der Waals surface area contributed by atoms with Crippen molar-refractivity contribution in [3.63, 3.8) is 0 Å². The number of aliphatic hydroxyl groups excluding tert-OH is 1. The van der Waals surface area contributed by atoms with Crippen LogP contribution in [0.25, 0.3) is 0 Å². The molecule has 214 valence electrons. The normalized spacial score (nSPS) is 45.2. The molecule has 0 aromatic carbocycles. The molecule has 1 unspecified atom stereocenters. The van der Waals surface area contributed by atoms with Gasteiger partial charge in [-0.1, -0.05) is 41.5 Å². The molecule has 6 nitrogen and oxygen atoms in total. The summed E-state index contributed by atoms with van der Waals surface area (Å²) in [5.74, 6) is 2.80. The molecular formula is C31H54O6. The molecule has 0 amide bonds. The number of methoxy groups -OCH3 is 3. The molecule has 13 atom stereocenters. The standard InChI is InChI=1S/C31H54O6/c1-17(2)18(3)27(35-8)28(36-9)19(4)21-10-11-22-20-16-37-29(33)24-14-26(34-7)25(32)15-31(24,6)23(20)12-13-30(21,22)5/h17-28,32H,10-16H2,1-9H3/t18-,19-,20-,21+,22-,23-,24?,25+,26-,27+,28+,30+,31+/m0/s1. The van der Waals surface area contributed by atoms with Crippen LogP contribution in [-0.2, 0) is 23.7 Å². The molecular weight excluding hydrogens is 468 g/mol. The lowest BCUT2D eigenvalue weighted by Gasteiger charge is -2.56. The Morgan fingerprint density at radius 1 is 0.946 bits per heavy atom. The molecule has 0 spiro atoms. The molecule has 4 aliphatic rings. The van der Waals surface area contributed by atoms with Crippen LogP contribution in [0.5, 0.6) is 0 Å². The molecule has 3 saturated carbocycles. The molecule has 0 bridgehead atoms. The van der Waals surface area contributed by atoms with Gasteiger partial charge in [-0.15, -0.1) is 0 Å². The van der Waals surface area contributed by atoms with E-state index < -0.39 is 6.10 Å². The second-order valence-electron chi connectivity index (χ2n) is 13.9. The van der Waals surface area contributed by atoms with E-state index in [9.17, 15) is 9.90 Å². The molecule has 4 rings (SSSR count). The summed E-state index contributed by atoms with van der Waals surface area (Å²) >= 11 is 0. The highest BCUT2D eigenvalue weighted by Crippen LogP contribution is 2.66. The van der Waals surface area contributed by atoms with E-state index in [2.05, 4.69) is 41.5 Å². The number of ether oxygens (including phenoxy) is 4. The fraction of sp³-hybridized carbons (Fsp3) is 0.968. The smallest absolute Gasteiger partial charge is 0.309 e. The van der Waals surface area contributed by atoms with E-state index in [1.165, 1.54) is 12.8 Å². The zero-order chi connectivity index (χ0) is 27.3. The summed E-state index contributed by atoms with van der Waals surface area (Å²) < 4.78 is 23.9. The van der Waals surface area contributed by atoms with Gasteiger partial charge in [0.2, 0.25) is 0 Å². The Hall–Kier alpha value is -0.690. The first kappa shape index (κ1) is 29.3. The zero-order valence-electron chi connectivity index (χ0n) is 24.9. The molecule has 37 heavy (non-hydrogen) atoms. The summed E-state index contributed by atoms with van der Waals surface area (Å²) in [6, 6.07) is 0. The van der Waals surface area contributed by atoms with Crippen LogP contribution >= 0.6 is 0 Å². The maximum absolute atomic E-state index is 13.3. The highest BCUT2D eigenvalue weighted by molar-refractivity contribution is 5.74. The van der Waals surface area contributed by atoms with Crippen molar-refractivity contribution in [2.75, 3.05) is 27.9 Å². The van der Waals surface area contributed by atoms with Gasteiger partial charge in [0.05, 0.1) is 36.9 Å². The summed E-state index contributed by atoms with van der Waals surface area (Å²) in [5.41, 5.74) is -0.0672. The Balaban J connectivity index is 1.60. The van der Waals surface area contributed by atoms with Gasteiger partial charge >= 0.3 is 5.97 Å². The van der Waals surface area contributed by atoms with Crippen molar-refractivity contribution < 1.29 is 28.8 Å². The summed E-state index contributed by atoms with van der Waals surface area (Å²) in [7, 11) is 5.31. The van der Waals surface area contributed by atoms with Crippen LogP contribution in [0.15, 0.2) is 0 Å². The number of esters is 1. The lowest BCUT2D eigenvalue weighted by atomic mass is 9.48. The minimum Gasteiger partial charge on any atom is -0.465 e. The molecule has 1 saturated heterocycles. The third-order valence-electron chi connectivity index (χ3n) is 12.3. The number of carbonyl (C=O) groups excluding carboxylic acids is 1. The predicted molar refractivity (Wildman–Crippen MR) is 144 cm³/mol. The summed E-state index contributed by atoms with van der Waals surface area (Å²) in [6.07, 6.45) is 5.06. The molecule has 1 aliphatic heterocycles. The summed E-state index contributed by atoms with van der Waals surface area (Å²) in [5, 5.41) is 10.9. The molecule has 0 aromatic heterocycles. The van der Waals surface area contributed by atoms with Gasteiger partial charge in [0.15, 0.2) is 0 Å². The summed E-state index contributed by atoms with van der Waals surface area (Å²) in [4.78, 5) is 13.3. The van der Waals surface area contributed by atoms with Gasteiger partial charge in [-0.3, -0.25) is 4.79 Å². The van der Waals surface area contributed by atoms with Gasteiger partial charge in [0, 0.05) is 21.3 Å². The Labute approximate surface area is 225 Å². The van der Waals surface area contributed by atoms with E-state index in [1.54, 1.807) is 7.11 Å². The lowest BCUT2D eigenvalue weighted by Crippen LogP contribution is -2.55. The van der Waals surface area contributed by atoms with E-state index in [0.717, 1.165) is 12.8 Å². The van der Waals surface area contributed by atoms with E-state index in [4.69, 9.17) is 18.9 Å². The minimum atomic E-state index is -0.529. The first-order valence-electron chi connectivity index (χ1n) is 14.9. The van der Waals surface area contributed by atoms with Crippen molar-refractivity contribution in [3.05, 3.63) is 0 Å². The van der Waals surface area contributed by atoms with Crippen molar-refractivity contribution in [1.29, 1.82) is 0 Å². The number of carbonyl (C=O) groups is 1. The Morgan fingerprint density at radius 2 is 1.59 bits per heavy atom. The molecule has 1 heterocycles. The summed E-state index contributed by atoms with van der Waals surface area (Å²) in [6.45, 7) is 14.5. The third-order valence-corrected chi connectivity index (χ3v) is 12.3. The van der Waals surface area contributed by atoms with Crippen LogP contribution in [0.1, 0.15) is 80.1 Å². The van der Waals surface area contributed by atoms with E-state index in [1.807, 2.05) is 14.2 Å². The Bertz CT molecular complexity index is 801. The van der Waals surface area contributed by atoms with Crippen molar-refractivity contribution in [1.82, 2.24) is 0 Å². The van der Waals surface area contributed by atoms with Crippen molar-refractivity contribution >= 4 is 5.97 Å². The monoisotopic (exact) mass is 522 g/mol. The number of fused-ring (bicyclic) bond motifs is 5. The number of hydrogen-bond acceptors (Lipinski definition) is 6. The maximum atomic E-state index is 13.3. The van der Waals surface area contributed by atoms with Crippen molar-refractivity contribution in [3.8, 4) is 0 Å². The second kappa shape index (κ2) is 11.1. The zero-order valence-corrected chi connectivity index (χ0v) is 24.9. The topological polar surface area (TPSA) is 74.2 Å². The number of aliphatic hydroxyl groups is 1. The van der Waals surface area contributed by atoms with E-state index >= 15 is 0 Å². The molecule has 0 aromatic rings. The fourth-order valence-electron chi connectivity index (χ4n) is 9.84. The molecule has 0 radical (unpaired) electrons. The van der Waals surface area contributed by atoms with Crippen LogP contribution in [0.4, 0.5) is 0 Å². The van der Waals surface area contributed by atoms with Crippen LogP contribution in [-0.4, -0.2) is 63.4 Å². The SMILES string of the molecule is CO[C@H]([C@@H](C)[C@H]1CC[C@H]2[C@@H]3COC(=O)C4C[C@H](OC)[C@H](O)C[C@]4(C)[C@H]3CC[C@]12C)[C@H](OC)[C@@H](C)C(C)C. The number of cyclic esters (lactones) is 1. The molecule has 3 aliphatic carbocycles. The molecule has 6 heteroatoms. The number of rotatable bonds is 8. The van der Waals surface area contributed by atoms with Gasteiger partial charge in [-0.2, -0.15) is 0 Å². The van der Waals surface area contributed by atoms with Crippen LogP contribution in [0.3, 0.4) is 0 Å². The lowest BCUT2D eigenvalue weighted by molar-refractivity contribution is -0.164. The maximum Gasteiger partial charge on any atom is 0.309 e. The van der Waals surface area contributed by atoms with E-state index in [0.29, 0.717) is 60.9 Å². The molecule has 4 fully saturated rings. The highest BCUT2D eigenvalue weighted by atomic mass is 16.5. The Kier molecular flexibility index (Phi) is 8.76. The first-order chi connectivity index (χ1) is 17.4. The second-order valence-corrected chi connectivity index (χ2v) is 13.9. The largest absolute Gasteiger partial charge is 0.465 e. The van der Waals surface area contributed by atoms with E-state index in [-0.39, 0.29) is 41.0 Å². The van der Waals surface area contributed by atoms with Crippen molar-refractivity contribution in [2.45, 2.75) is 104 Å². The van der Waals surface area contributed by atoms with Crippen LogP contribution in [0.2, 0.25) is 0 Å². The van der Waals surface area contributed by atoms with Crippen LogP contribution in [0, 0.1) is 58.2 Å². The van der Waals surface area contributed by atoms with Gasteiger partial charge in [-0.05, 0) is 90.8 Å². The van der Waals surface area contributed by atoms with Gasteiger partial charge in [-0.25, -0.2) is 0 Å². The Morgan fingerprint density at radius 3 is 2.19 bits per heavy atom. The van der Waals surface area contributed by atoms with Gasteiger partial charge < -0.3 is 24.1 Å². The average Bonchev–Trinajstić information content (AvgIpc) is 3.16. The third kappa shape index (κ3) is 4.80. The van der Waals surface area contributed by atoms with Gasteiger partial charge in [0.1, 0.15) is 0 Å². The minimum absolute atomic E-state index is 0.0500. The van der Waals surface area contributed by atoms with Gasteiger partial charge in [0.25, 0.3) is 0 Å². The highest BCUT2D eigenvalue weighted by Gasteiger charge is 2.63. The fourth-order valence-corrected chi connectivity index (χ4v) is 9.84. The number of hydrogen-bond donors (Lipinski definition) is 1. The first-order valence-corrected chi connectivity index (χ1v) is 14.9.